The van der Waals surface area contributed by atoms with Crippen molar-refractivity contribution in [2.75, 3.05) is 0 Å². The molecule has 1 aromatic rings. The summed E-state index contributed by atoms with van der Waals surface area (Å²) in [6.45, 7) is -1.62. The second kappa shape index (κ2) is 3.93. The standard InChI is InChI=1S/C8H7F2NO2/c1-5(12)6-3-2-4-7(11-6)13-8(9)10/h2-4,8H,1H3. The van der Waals surface area contributed by atoms with Gasteiger partial charge in [0.1, 0.15) is 5.69 Å². The lowest BCUT2D eigenvalue weighted by atomic mass is 10.3. The number of hydrogen-bond acceptors (Lipinski definition) is 3. The smallest absolute Gasteiger partial charge is 0.388 e. The van der Waals surface area contributed by atoms with Gasteiger partial charge < -0.3 is 4.74 Å². The average Bonchev–Trinajstić information content (AvgIpc) is 2.03. The van der Waals surface area contributed by atoms with E-state index in [-0.39, 0.29) is 17.4 Å². The minimum absolute atomic E-state index is 0.109. The summed E-state index contributed by atoms with van der Waals surface area (Å²) in [6, 6.07) is 4.13. The van der Waals surface area contributed by atoms with E-state index in [4.69, 9.17) is 0 Å². The van der Waals surface area contributed by atoms with E-state index >= 15 is 0 Å². The first-order chi connectivity index (χ1) is 6.09. The summed E-state index contributed by atoms with van der Waals surface area (Å²) in [5.41, 5.74) is 0.109. The lowest BCUT2D eigenvalue weighted by Crippen LogP contribution is -2.05. The highest BCUT2D eigenvalue weighted by Crippen LogP contribution is 2.10. The van der Waals surface area contributed by atoms with Crippen LogP contribution in [-0.4, -0.2) is 17.4 Å². The molecule has 0 unspecified atom stereocenters. The van der Waals surface area contributed by atoms with Crippen molar-refractivity contribution in [3.05, 3.63) is 23.9 Å². The largest absolute Gasteiger partial charge is 0.417 e. The van der Waals surface area contributed by atoms with Crippen LogP contribution in [0.25, 0.3) is 0 Å². The van der Waals surface area contributed by atoms with Crippen LogP contribution >= 0.6 is 0 Å². The van der Waals surface area contributed by atoms with E-state index in [0.717, 1.165) is 0 Å². The predicted molar refractivity (Wildman–Crippen MR) is 40.9 cm³/mol. The molecule has 0 bridgehead atoms. The highest BCUT2D eigenvalue weighted by atomic mass is 19.3. The summed E-state index contributed by atoms with van der Waals surface area (Å²) >= 11 is 0. The normalized spacial score (nSPS) is 10.2. The third-order valence-electron chi connectivity index (χ3n) is 1.29. The number of rotatable bonds is 3. The Morgan fingerprint density at radius 1 is 1.54 bits per heavy atom. The minimum atomic E-state index is -2.92. The molecular weight excluding hydrogens is 180 g/mol. The number of ether oxygens (including phenoxy) is 1. The molecule has 70 valence electrons. The van der Waals surface area contributed by atoms with Gasteiger partial charge in [0.2, 0.25) is 5.88 Å². The molecule has 3 nitrogen and oxygen atoms in total. The molecule has 13 heavy (non-hydrogen) atoms. The van der Waals surface area contributed by atoms with Gasteiger partial charge >= 0.3 is 6.61 Å². The summed E-state index contributed by atoms with van der Waals surface area (Å²) < 4.78 is 27.4. The van der Waals surface area contributed by atoms with Crippen LogP contribution in [0.15, 0.2) is 18.2 Å². The number of pyridine rings is 1. The third-order valence-corrected chi connectivity index (χ3v) is 1.29. The molecule has 1 heterocycles. The molecule has 1 rings (SSSR count). The van der Waals surface area contributed by atoms with Crippen LogP contribution in [0.1, 0.15) is 17.4 Å². The molecule has 0 aromatic carbocycles. The zero-order valence-corrected chi connectivity index (χ0v) is 6.83. The van der Waals surface area contributed by atoms with E-state index in [1.165, 1.54) is 25.1 Å². The van der Waals surface area contributed by atoms with Crippen LogP contribution in [0.3, 0.4) is 0 Å². The molecule has 5 heteroatoms. The number of carbonyl (C=O) groups is 1. The van der Waals surface area contributed by atoms with Gasteiger partial charge in [0.15, 0.2) is 5.78 Å². The zero-order chi connectivity index (χ0) is 9.84. The Bertz CT molecular complexity index is 315. The first kappa shape index (κ1) is 9.57. The summed E-state index contributed by atoms with van der Waals surface area (Å²) in [6.07, 6.45) is 0. The molecule has 0 aliphatic rings. The molecule has 0 amide bonds. The van der Waals surface area contributed by atoms with Crippen molar-refractivity contribution in [3.8, 4) is 5.88 Å². The fraction of sp³-hybridized carbons (Fsp3) is 0.250. The van der Waals surface area contributed by atoms with Crippen molar-refractivity contribution in [2.45, 2.75) is 13.5 Å². The Labute approximate surface area is 73.4 Å². The quantitative estimate of drug-likeness (QED) is 0.678. The number of carbonyl (C=O) groups excluding carboxylic acids is 1. The molecule has 0 radical (unpaired) electrons. The average molecular weight is 187 g/mol. The molecule has 0 fully saturated rings. The molecule has 1 aromatic heterocycles. The Balaban J connectivity index is 2.85. The van der Waals surface area contributed by atoms with Crippen LogP contribution in [-0.2, 0) is 0 Å². The van der Waals surface area contributed by atoms with Crippen molar-refractivity contribution in [3.63, 3.8) is 0 Å². The van der Waals surface area contributed by atoms with Gasteiger partial charge in [-0.3, -0.25) is 4.79 Å². The van der Waals surface area contributed by atoms with Crippen molar-refractivity contribution in [1.82, 2.24) is 4.98 Å². The molecule has 0 N–H and O–H groups in total. The first-order valence-electron chi connectivity index (χ1n) is 3.52. The molecule has 0 saturated heterocycles. The molecule has 0 saturated carbocycles. The van der Waals surface area contributed by atoms with Gasteiger partial charge in [0.25, 0.3) is 0 Å². The van der Waals surface area contributed by atoms with Crippen molar-refractivity contribution in [1.29, 1.82) is 0 Å². The van der Waals surface area contributed by atoms with E-state index < -0.39 is 6.61 Å². The van der Waals surface area contributed by atoms with Gasteiger partial charge in [-0.1, -0.05) is 6.07 Å². The topological polar surface area (TPSA) is 39.2 Å². The maximum absolute atomic E-state index is 11.7. The van der Waals surface area contributed by atoms with E-state index in [1.807, 2.05) is 0 Å². The highest BCUT2D eigenvalue weighted by molar-refractivity contribution is 5.92. The number of nitrogens with zero attached hydrogens (tertiary/aromatic N) is 1. The van der Waals surface area contributed by atoms with Crippen LogP contribution in [0.5, 0.6) is 5.88 Å². The Kier molecular flexibility index (Phi) is 2.89. The third kappa shape index (κ3) is 2.77. The van der Waals surface area contributed by atoms with E-state index in [9.17, 15) is 13.6 Å². The molecular formula is C8H7F2NO2. The molecule has 0 atom stereocenters. The number of alkyl halides is 2. The fourth-order valence-electron chi connectivity index (χ4n) is 0.768. The van der Waals surface area contributed by atoms with Crippen LogP contribution in [0, 0.1) is 0 Å². The minimum Gasteiger partial charge on any atom is -0.417 e. The second-order valence-electron chi connectivity index (χ2n) is 2.30. The summed E-state index contributed by atoms with van der Waals surface area (Å²) in [5.74, 6) is -0.539. The first-order valence-corrected chi connectivity index (χ1v) is 3.52. The van der Waals surface area contributed by atoms with Gasteiger partial charge in [0, 0.05) is 13.0 Å². The summed E-state index contributed by atoms with van der Waals surface area (Å²) in [5, 5.41) is 0. The lowest BCUT2D eigenvalue weighted by molar-refractivity contribution is -0.0529. The predicted octanol–water partition coefficient (Wildman–Crippen LogP) is 1.89. The van der Waals surface area contributed by atoms with Crippen LogP contribution in [0.2, 0.25) is 0 Å². The van der Waals surface area contributed by atoms with Gasteiger partial charge in [0.05, 0.1) is 0 Å². The summed E-state index contributed by atoms with van der Waals surface area (Å²) in [7, 11) is 0. The molecule has 0 aliphatic carbocycles. The number of ketones is 1. The second-order valence-corrected chi connectivity index (χ2v) is 2.30. The number of aromatic nitrogens is 1. The van der Waals surface area contributed by atoms with E-state index in [2.05, 4.69) is 9.72 Å². The number of halogens is 2. The van der Waals surface area contributed by atoms with Gasteiger partial charge in [-0.15, -0.1) is 0 Å². The maximum atomic E-state index is 11.7. The maximum Gasteiger partial charge on any atom is 0.388 e. The van der Waals surface area contributed by atoms with Gasteiger partial charge in [-0.2, -0.15) is 8.78 Å². The van der Waals surface area contributed by atoms with Gasteiger partial charge in [-0.25, -0.2) is 4.98 Å². The molecule has 0 aliphatic heterocycles. The Hall–Kier alpha value is -1.52. The van der Waals surface area contributed by atoms with Crippen LogP contribution in [0.4, 0.5) is 8.78 Å². The monoisotopic (exact) mass is 187 g/mol. The number of Topliss-reactive ketones (excluding diaryl/α,β-unsaturated/α-hetero) is 1. The number of hydrogen-bond donors (Lipinski definition) is 0. The fourth-order valence-corrected chi connectivity index (χ4v) is 0.768. The van der Waals surface area contributed by atoms with Crippen LogP contribution < -0.4 is 4.74 Å². The van der Waals surface area contributed by atoms with E-state index in [1.54, 1.807) is 0 Å². The van der Waals surface area contributed by atoms with Crippen molar-refractivity contribution >= 4 is 5.78 Å². The lowest BCUT2D eigenvalue weighted by Gasteiger charge is -2.03. The van der Waals surface area contributed by atoms with E-state index in [0.29, 0.717) is 0 Å². The summed E-state index contributed by atoms with van der Waals surface area (Å²) in [4.78, 5) is 14.3. The van der Waals surface area contributed by atoms with Crippen molar-refractivity contribution < 1.29 is 18.3 Å². The zero-order valence-electron chi connectivity index (χ0n) is 6.83. The highest BCUT2D eigenvalue weighted by Gasteiger charge is 2.07. The van der Waals surface area contributed by atoms with Gasteiger partial charge in [-0.05, 0) is 6.07 Å². The SMILES string of the molecule is CC(=O)c1cccc(OC(F)F)n1. The molecule has 0 spiro atoms. The van der Waals surface area contributed by atoms with Crippen molar-refractivity contribution in [2.24, 2.45) is 0 Å². The Morgan fingerprint density at radius 2 is 2.23 bits per heavy atom. The Morgan fingerprint density at radius 3 is 2.77 bits per heavy atom.